The van der Waals surface area contributed by atoms with E-state index in [0.29, 0.717) is 21.6 Å². The minimum Gasteiger partial charge on any atom is -0.261 e. The average Bonchev–Trinajstić information content (AvgIpc) is 2.69. The molecule has 30 heavy (non-hydrogen) atoms. The summed E-state index contributed by atoms with van der Waals surface area (Å²) < 4.78 is 42.0. The van der Waals surface area contributed by atoms with E-state index in [1.807, 2.05) is 49.4 Å². The van der Waals surface area contributed by atoms with Gasteiger partial charge in [-0.05, 0) is 61.9 Å². The van der Waals surface area contributed by atoms with E-state index in [9.17, 15) is 12.8 Å². The molecule has 0 aliphatic rings. The Morgan fingerprint density at radius 2 is 1.57 bits per heavy atom. The summed E-state index contributed by atoms with van der Waals surface area (Å²) in [6.07, 6.45) is 0. The van der Waals surface area contributed by atoms with Gasteiger partial charge in [0.2, 0.25) is 0 Å². The third kappa shape index (κ3) is 4.29. The topological polar surface area (TPSA) is 72.0 Å². The van der Waals surface area contributed by atoms with Gasteiger partial charge in [-0.25, -0.2) is 22.8 Å². The molecular weight excluding hydrogens is 421 g/mol. The molecule has 0 saturated heterocycles. The number of nitrogens with zero attached hydrogens (tertiary/aromatic N) is 2. The first-order chi connectivity index (χ1) is 14.3. The Balaban J connectivity index is 1.79. The number of rotatable bonds is 5. The lowest BCUT2D eigenvalue weighted by atomic mass is 10.2. The Morgan fingerprint density at radius 1 is 0.900 bits per heavy atom. The van der Waals surface area contributed by atoms with Crippen molar-refractivity contribution in [2.24, 2.45) is 0 Å². The summed E-state index contributed by atoms with van der Waals surface area (Å²) in [6, 6.07) is 18.6. The van der Waals surface area contributed by atoms with E-state index in [-0.39, 0.29) is 10.7 Å². The quantitative estimate of drug-likeness (QED) is 0.455. The minimum absolute atomic E-state index is 0.00913. The van der Waals surface area contributed by atoms with E-state index in [2.05, 4.69) is 14.7 Å². The van der Waals surface area contributed by atoms with Gasteiger partial charge in [-0.1, -0.05) is 41.6 Å². The average molecular weight is 440 g/mol. The van der Waals surface area contributed by atoms with E-state index in [0.717, 1.165) is 16.5 Å². The van der Waals surface area contributed by atoms with Gasteiger partial charge in [0.25, 0.3) is 10.0 Å². The second-order valence-corrected chi connectivity index (χ2v) is 9.51. The Kier molecular flexibility index (Phi) is 5.44. The Morgan fingerprint density at radius 3 is 2.23 bits per heavy atom. The fourth-order valence-electron chi connectivity index (χ4n) is 2.94. The molecule has 4 rings (SSSR count). The van der Waals surface area contributed by atoms with Gasteiger partial charge in [0.1, 0.15) is 10.8 Å². The first kappa shape index (κ1) is 20.3. The second kappa shape index (κ2) is 8.04. The first-order valence-electron chi connectivity index (χ1n) is 9.12. The van der Waals surface area contributed by atoms with Gasteiger partial charge in [0.05, 0.1) is 15.9 Å². The smallest absolute Gasteiger partial charge is 0.261 e. The largest absolute Gasteiger partial charge is 0.263 e. The van der Waals surface area contributed by atoms with Gasteiger partial charge in [0, 0.05) is 4.90 Å². The number of benzene rings is 3. The minimum atomic E-state index is -3.98. The van der Waals surface area contributed by atoms with Gasteiger partial charge in [-0.3, -0.25) is 4.72 Å². The molecule has 0 atom stereocenters. The zero-order chi connectivity index (χ0) is 21.3. The Hall–Kier alpha value is -2.97. The number of sulfonamides is 1. The van der Waals surface area contributed by atoms with Gasteiger partial charge in [-0.15, -0.1) is 0 Å². The normalized spacial score (nSPS) is 11.6. The molecule has 0 unspecified atom stereocenters. The number of fused-ring (bicyclic) bond motifs is 1. The lowest BCUT2D eigenvalue weighted by Gasteiger charge is -2.13. The van der Waals surface area contributed by atoms with Crippen molar-refractivity contribution < 1.29 is 12.8 Å². The number of aromatic nitrogens is 2. The molecule has 0 saturated carbocycles. The highest BCUT2D eigenvalue weighted by molar-refractivity contribution is 7.99. The zero-order valence-electron chi connectivity index (χ0n) is 16.3. The molecule has 1 heterocycles. The van der Waals surface area contributed by atoms with Gasteiger partial charge < -0.3 is 0 Å². The summed E-state index contributed by atoms with van der Waals surface area (Å²) in [5, 5.41) is 0.431. The highest BCUT2D eigenvalue weighted by atomic mass is 32.2. The first-order valence-corrected chi connectivity index (χ1v) is 11.4. The number of hydrogen-bond acceptors (Lipinski definition) is 5. The molecule has 152 valence electrons. The van der Waals surface area contributed by atoms with E-state index in [1.165, 1.54) is 23.9 Å². The Bertz CT molecular complexity index is 1340. The third-order valence-electron chi connectivity index (χ3n) is 4.43. The van der Waals surface area contributed by atoms with Crippen LogP contribution >= 0.6 is 11.8 Å². The van der Waals surface area contributed by atoms with Crippen molar-refractivity contribution in [1.82, 2.24) is 9.97 Å². The molecule has 0 bridgehead atoms. The number of anilines is 1. The number of hydrogen-bond donors (Lipinski definition) is 1. The van der Waals surface area contributed by atoms with Crippen LogP contribution in [0.1, 0.15) is 11.1 Å². The number of aryl methyl sites for hydroxylation is 2. The van der Waals surface area contributed by atoms with E-state index >= 15 is 0 Å². The zero-order valence-corrected chi connectivity index (χ0v) is 17.9. The molecule has 0 aliphatic carbocycles. The van der Waals surface area contributed by atoms with E-state index in [4.69, 9.17) is 0 Å². The number of halogens is 1. The fourth-order valence-corrected chi connectivity index (χ4v) is 5.07. The van der Waals surface area contributed by atoms with Crippen molar-refractivity contribution in [2.45, 2.75) is 28.7 Å². The molecule has 0 amide bonds. The van der Waals surface area contributed by atoms with Crippen LogP contribution in [0.15, 0.2) is 81.5 Å². The van der Waals surface area contributed by atoms with Crippen molar-refractivity contribution in [3.8, 4) is 0 Å². The van der Waals surface area contributed by atoms with Crippen LogP contribution in [0.4, 0.5) is 10.2 Å². The van der Waals surface area contributed by atoms with Gasteiger partial charge >= 0.3 is 0 Å². The highest BCUT2D eigenvalue weighted by Crippen LogP contribution is 2.33. The maximum Gasteiger partial charge on any atom is 0.263 e. The maximum atomic E-state index is 13.4. The van der Waals surface area contributed by atoms with Crippen molar-refractivity contribution in [3.63, 3.8) is 0 Å². The standard InChI is InChI=1S/C22H18FN3O2S2/c1-14-7-10-17(11-8-14)29-22-21(24-18-5-3-4-6-19(18)25-22)26-30(27,28)20-12-9-16(23)13-15(20)2/h3-13H,1-2H3,(H,24,26). The SMILES string of the molecule is Cc1ccc(Sc2nc3ccccc3nc2NS(=O)(=O)c2ccc(F)cc2C)cc1. The summed E-state index contributed by atoms with van der Waals surface area (Å²) in [5.41, 5.74) is 2.66. The van der Waals surface area contributed by atoms with Crippen molar-refractivity contribution in [2.75, 3.05) is 4.72 Å². The molecule has 8 heteroatoms. The van der Waals surface area contributed by atoms with Crippen LogP contribution in [0.5, 0.6) is 0 Å². The van der Waals surface area contributed by atoms with Gasteiger partial charge in [-0.2, -0.15) is 0 Å². The van der Waals surface area contributed by atoms with E-state index in [1.54, 1.807) is 13.0 Å². The monoisotopic (exact) mass is 439 g/mol. The molecular formula is C22H18FN3O2S2. The molecule has 0 fully saturated rings. The highest BCUT2D eigenvalue weighted by Gasteiger charge is 2.21. The molecule has 5 nitrogen and oxygen atoms in total. The lowest BCUT2D eigenvalue weighted by molar-refractivity contribution is 0.598. The number of para-hydroxylation sites is 2. The second-order valence-electron chi connectivity index (χ2n) is 6.80. The summed E-state index contributed by atoms with van der Waals surface area (Å²) in [7, 11) is -3.98. The molecule has 0 aliphatic heterocycles. The van der Waals surface area contributed by atoms with E-state index < -0.39 is 15.8 Å². The van der Waals surface area contributed by atoms with Crippen LogP contribution in [0.3, 0.4) is 0 Å². The van der Waals surface area contributed by atoms with Gasteiger partial charge in [0.15, 0.2) is 5.82 Å². The fraction of sp³-hybridized carbons (Fsp3) is 0.0909. The summed E-state index contributed by atoms with van der Waals surface area (Å²) in [4.78, 5) is 10.0. The predicted octanol–water partition coefficient (Wildman–Crippen LogP) is 5.34. The lowest BCUT2D eigenvalue weighted by Crippen LogP contribution is -2.16. The van der Waals surface area contributed by atoms with Crippen LogP contribution in [0, 0.1) is 19.7 Å². The van der Waals surface area contributed by atoms with Crippen LogP contribution in [-0.4, -0.2) is 18.4 Å². The summed E-state index contributed by atoms with van der Waals surface area (Å²) >= 11 is 1.32. The van der Waals surface area contributed by atoms with Crippen LogP contribution in [0.25, 0.3) is 11.0 Å². The van der Waals surface area contributed by atoms with Crippen LogP contribution < -0.4 is 4.72 Å². The summed E-state index contributed by atoms with van der Waals surface area (Å²) in [5.74, 6) is -0.365. The van der Waals surface area contributed by atoms with Crippen LogP contribution in [-0.2, 0) is 10.0 Å². The molecule has 1 N–H and O–H groups in total. The van der Waals surface area contributed by atoms with Crippen molar-refractivity contribution in [3.05, 3.63) is 83.7 Å². The molecule has 0 radical (unpaired) electrons. The van der Waals surface area contributed by atoms with Crippen molar-refractivity contribution in [1.29, 1.82) is 0 Å². The van der Waals surface area contributed by atoms with Crippen molar-refractivity contribution >= 4 is 38.6 Å². The third-order valence-corrected chi connectivity index (χ3v) is 6.92. The molecule has 1 aromatic heterocycles. The molecule has 0 spiro atoms. The molecule has 3 aromatic carbocycles. The van der Waals surface area contributed by atoms with Crippen LogP contribution in [0.2, 0.25) is 0 Å². The molecule has 4 aromatic rings. The predicted molar refractivity (Wildman–Crippen MR) is 117 cm³/mol. The number of nitrogens with one attached hydrogen (secondary N) is 1. The summed E-state index contributed by atoms with van der Waals surface area (Å²) in [6.45, 7) is 3.54. The maximum absolute atomic E-state index is 13.4. The Labute approximate surface area is 178 Å².